The second-order valence-corrected chi connectivity index (χ2v) is 8.34. The van der Waals surface area contributed by atoms with Gasteiger partial charge in [-0.15, -0.1) is 11.8 Å². The highest BCUT2D eigenvalue weighted by Crippen LogP contribution is 2.30. The molecular weight excluding hydrogens is 417 g/mol. The number of thioether (sulfide) groups is 1. The van der Waals surface area contributed by atoms with E-state index in [0.29, 0.717) is 34.6 Å². The second kappa shape index (κ2) is 9.54. The lowest BCUT2D eigenvalue weighted by Crippen LogP contribution is -2.48. The first-order chi connectivity index (χ1) is 13.4. The summed E-state index contributed by atoms with van der Waals surface area (Å²) in [4.78, 5) is 28.6. The van der Waals surface area contributed by atoms with E-state index in [0.717, 1.165) is 23.7 Å². The fourth-order valence-corrected chi connectivity index (χ4v) is 4.10. The maximum absolute atomic E-state index is 12.2. The minimum Gasteiger partial charge on any atom is -0.367 e. The van der Waals surface area contributed by atoms with Gasteiger partial charge >= 0.3 is 0 Å². The van der Waals surface area contributed by atoms with Crippen LogP contribution < -0.4 is 10.2 Å². The normalized spacial score (nSPS) is 14.1. The van der Waals surface area contributed by atoms with E-state index in [1.165, 1.54) is 11.8 Å². The van der Waals surface area contributed by atoms with E-state index in [1.54, 1.807) is 25.1 Å². The highest BCUT2D eigenvalue weighted by atomic mass is 35.5. The van der Waals surface area contributed by atoms with Crippen LogP contribution in [0.5, 0.6) is 0 Å². The Morgan fingerprint density at radius 3 is 2.32 bits per heavy atom. The van der Waals surface area contributed by atoms with Crippen LogP contribution in [-0.4, -0.2) is 48.6 Å². The molecule has 0 spiro atoms. The summed E-state index contributed by atoms with van der Waals surface area (Å²) in [6.45, 7) is 4.44. The molecule has 1 N–H and O–H groups in total. The standard InChI is InChI=1S/C20H21Cl2N3O2S/c1-14(26)24-8-10-25(11-9-24)19-7-4-16(12-18(19)22)23-20(27)13-28-17-5-2-15(21)3-6-17/h2-7,12H,8-11,13H2,1H3,(H,23,27). The van der Waals surface area contributed by atoms with Crippen LogP contribution in [0, 0.1) is 0 Å². The van der Waals surface area contributed by atoms with Crippen molar-refractivity contribution in [2.45, 2.75) is 11.8 Å². The zero-order valence-corrected chi connectivity index (χ0v) is 17.8. The Morgan fingerprint density at radius 2 is 1.71 bits per heavy atom. The Morgan fingerprint density at radius 1 is 1.04 bits per heavy atom. The van der Waals surface area contributed by atoms with Gasteiger partial charge in [-0.25, -0.2) is 0 Å². The maximum Gasteiger partial charge on any atom is 0.234 e. The predicted octanol–water partition coefficient (Wildman–Crippen LogP) is 4.39. The fourth-order valence-electron chi connectivity index (χ4n) is 2.98. The molecule has 1 saturated heterocycles. The highest BCUT2D eigenvalue weighted by Gasteiger charge is 2.20. The van der Waals surface area contributed by atoms with Crippen molar-refractivity contribution < 1.29 is 9.59 Å². The smallest absolute Gasteiger partial charge is 0.234 e. The third kappa shape index (κ3) is 5.56. The molecule has 1 aliphatic rings. The largest absolute Gasteiger partial charge is 0.367 e. The summed E-state index contributed by atoms with van der Waals surface area (Å²) in [5.74, 6) is 0.299. The van der Waals surface area contributed by atoms with Crippen LogP contribution in [0.2, 0.25) is 10.0 Å². The van der Waals surface area contributed by atoms with Crippen LogP contribution >= 0.6 is 35.0 Å². The Kier molecular flexibility index (Phi) is 7.10. The molecular formula is C20H21Cl2N3O2S. The minimum atomic E-state index is -0.0983. The lowest BCUT2D eigenvalue weighted by molar-refractivity contribution is -0.129. The lowest BCUT2D eigenvalue weighted by Gasteiger charge is -2.36. The Balaban J connectivity index is 1.54. The molecule has 0 bridgehead atoms. The quantitative estimate of drug-likeness (QED) is 0.704. The average Bonchev–Trinajstić information content (AvgIpc) is 2.68. The molecule has 0 aliphatic carbocycles. The van der Waals surface area contributed by atoms with E-state index in [2.05, 4.69) is 10.2 Å². The molecule has 8 heteroatoms. The summed E-state index contributed by atoms with van der Waals surface area (Å²) >= 11 is 13.8. The van der Waals surface area contributed by atoms with Crippen molar-refractivity contribution in [3.63, 3.8) is 0 Å². The number of anilines is 2. The number of nitrogens with zero attached hydrogens (tertiary/aromatic N) is 2. The van der Waals surface area contributed by atoms with Crippen LogP contribution in [0.15, 0.2) is 47.4 Å². The fraction of sp³-hybridized carbons (Fsp3) is 0.300. The van der Waals surface area contributed by atoms with E-state index < -0.39 is 0 Å². The first-order valence-electron chi connectivity index (χ1n) is 8.90. The third-order valence-corrected chi connectivity index (χ3v) is 6.05. The molecule has 1 fully saturated rings. The van der Waals surface area contributed by atoms with Gasteiger partial charge in [-0.2, -0.15) is 0 Å². The summed E-state index contributed by atoms with van der Waals surface area (Å²) in [6.07, 6.45) is 0. The highest BCUT2D eigenvalue weighted by molar-refractivity contribution is 8.00. The Bertz CT molecular complexity index is 853. The summed E-state index contributed by atoms with van der Waals surface area (Å²) in [5.41, 5.74) is 1.58. The van der Waals surface area contributed by atoms with Crippen LogP contribution in [0.4, 0.5) is 11.4 Å². The number of halogens is 2. The molecule has 1 aliphatic heterocycles. The molecule has 2 aromatic rings. The van der Waals surface area contributed by atoms with Gasteiger partial charge in [-0.3, -0.25) is 9.59 Å². The molecule has 0 radical (unpaired) electrons. The lowest BCUT2D eigenvalue weighted by atomic mass is 10.2. The van der Waals surface area contributed by atoms with Gasteiger partial charge in [0.1, 0.15) is 0 Å². The van der Waals surface area contributed by atoms with Gasteiger partial charge in [0.05, 0.1) is 16.5 Å². The number of rotatable bonds is 5. The van der Waals surface area contributed by atoms with Gasteiger partial charge in [0.2, 0.25) is 11.8 Å². The number of hydrogen-bond donors (Lipinski definition) is 1. The molecule has 5 nitrogen and oxygen atoms in total. The topological polar surface area (TPSA) is 52.7 Å². The van der Waals surface area contributed by atoms with Crippen LogP contribution in [0.3, 0.4) is 0 Å². The van der Waals surface area contributed by atoms with E-state index in [1.807, 2.05) is 29.2 Å². The van der Waals surface area contributed by atoms with Crippen LogP contribution in [0.1, 0.15) is 6.92 Å². The average molecular weight is 438 g/mol. The number of hydrogen-bond acceptors (Lipinski definition) is 4. The number of carbonyl (C=O) groups is 2. The summed E-state index contributed by atoms with van der Waals surface area (Å²) in [5, 5.41) is 4.13. The van der Waals surface area contributed by atoms with Crippen molar-refractivity contribution in [1.29, 1.82) is 0 Å². The molecule has 0 saturated carbocycles. The van der Waals surface area contributed by atoms with Crippen LogP contribution in [0.25, 0.3) is 0 Å². The van der Waals surface area contributed by atoms with Gasteiger partial charge < -0.3 is 15.1 Å². The first-order valence-corrected chi connectivity index (χ1v) is 10.6. The molecule has 28 heavy (non-hydrogen) atoms. The van der Waals surface area contributed by atoms with Crippen molar-refractivity contribution in [3.05, 3.63) is 52.5 Å². The van der Waals surface area contributed by atoms with Gasteiger partial charge in [-0.05, 0) is 42.5 Å². The van der Waals surface area contributed by atoms with Gasteiger partial charge in [0, 0.05) is 48.7 Å². The van der Waals surface area contributed by atoms with E-state index in [4.69, 9.17) is 23.2 Å². The second-order valence-electron chi connectivity index (χ2n) is 6.45. The maximum atomic E-state index is 12.2. The molecule has 1 heterocycles. The number of benzene rings is 2. The number of nitrogens with one attached hydrogen (secondary N) is 1. The van der Waals surface area contributed by atoms with Gasteiger partial charge in [-0.1, -0.05) is 23.2 Å². The number of carbonyl (C=O) groups excluding carboxylic acids is 2. The zero-order chi connectivity index (χ0) is 20.1. The van der Waals surface area contributed by atoms with Crippen molar-refractivity contribution in [1.82, 2.24) is 4.90 Å². The monoisotopic (exact) mass is 437 g/mol. The molecule has 2 amide bonds. The van der Waals surface area contributed by atoms with E-state index in [-0.39, 0.29) is 11.8 Å². The van der Waals surface area contributed by atoms with Gasteiger partial charge in [0.25, 0.3) is 0 Å². The number of piperazine rings is 1. The van der Waals surface area contributed by atoms with E-state index in [9.17, 15) is 9.59 Å². The van der Waals surface area contributed by atoms with E-state index >= 15 is 0 Å². The first kappa shape index (κ1) is 20.8. The van der Waals surface area contributed by atoms with Crippen LogP contribution in [-0.2, 0) is 9.59 Å². The Labute approximate surface area is 179 Å². The minimum absolute atomic E-state index is 0.0975. The third-order valence-electron chi connectivity index (χ3n) is 4.48. The molecule has 0 aromatic heterocycles. The zero-order valence-electron chi connectivity index (χ0n) is 15.5. The van der Waals surface area contributed by atoms with Crippen molar-refractivity contribution in [2.75, 3.05) is 42.1 Å². The predicted molar refractivity (Wildman–Crippen MR) is 117 cm³/mol. The molecule has 148 valence electrons. The summed E-state index contributed by atoms with van der Waals surface area (Å²) < 4.78 is 0. The molecule has 0 atom stereocenters. The number of amides is 2. The van der Waals surface area contributed by atoms with Crippen molar-refractivity contribution in [2.24, 2.45) is 0 Å². The molecule has 2 aromatic carbocycles. The SMILES string of the molecule is CC(=O)N1CCN(c2ccc(NC(=O)CSc3ccc(Cl)cc3)cc2Cl)CC1. The Hall–Kier alpha value is -1.89. The molecule has 3 rings (SSSR count). The van der Waals surface area contributed by atoms with Crippen molar-refractivity contribution >= 4 is 58.2 Å². The molecule has 0 unspecified atom stereocenters. The summed E-state index contributed by atoms with van der Waals surface area (Å²) in [7, 11) is 0. The van der Waals surface area contributed by atoms with Gasteiger partial charge in [0.15, 0.2) is 0 Å². The summed E-state index contributed by atoms with van der Waals surface area (Å²) in [6, 6.07) is 12.9. The van der Waals surface area contributed by atoms with Crippen molar-refractivity contribution in [3.8, 4) is 0 Å².